The zero-order valence-corrected chi connectivity index (χ0v) is 16.8. The summed E-state index contributed by atoms with van der Waals surface area (Å²) in [4.78, 5) is 20.7. The normalized spacial score (nSPS) is 13.7. The van der Waals surface area contributed by atoms with E-state index in [9.17, 15) is 13.2 Å². The molecule has 4 rings (SSSR count). The van der Waals surface area contributed by atoms with Gasteiger partial charge in [0, 0.05) is 28.7 Å². The average molecular weight is 428 g/mol. The van der Waals surface area contributed by atoms with Crippen LogP contribution in [0.2, 0.25) is 0 Å². The molecule has 0 fully saturated rings. The van der Waals surface area contributed by atoms with Gasteiger partial charge in [-0.05, 0) is 48.5 Å². The quantitative estimate of drug-likeness (QED) is 0.592. The van der Waals surface area contributed by atoms with Crippen LogP contribution >= 0.6 is 11.8 Å². The zero-order valence-electron chi connectivity index (χ0n) is 15.1. The van der Waals surface area contributed by atoms with Crippen molar-refractivity contribution in [1.82, 2.24) is 9.71 Å². The van der Waals surface area contributed by atoms with Crippen molar-refractivity contribution in [2.24, 2.45) is 4.99 Å². The number of carbonyl (C=O) groups excluding carboxylic acids is 1. The zero-order chi connectivity index (χ0) is 20.3. The summed E-state index contributed by atoms with van der Waals surface area (Å²) in [5.41, 5.74) is 1.93. The van der Waals surface area contributed by atoms with Gasteiger partial charge in [0.1, 0.15) is 0 Å². The number of nitrogens with one attached hydrogen (secondary N) is 3. The number of fused-ring (bicyclic) bond motifs is 1. The number of nitrogens with zero attached hydrogens (tertiary/aromatic N) is 2. The number of rotatable bonds is 4. The lowest BCUT2D eigenvalue weighted by Gasteiger charge is -2.10. The van der Waals surface area contributed by atoms with Gasteiger partial charge in [-0.15, -0.1) is 0 Å². The van der Waals surface area contributed by atoms with Crippen LogP contribution in [0.5, 0.6) is 0 Å². The van der Waals surface area contributed by atoms with Gasteiger partial charge in [-0.25, -0.2) is 13.2 Å². The van der Waals surface area contributed by atoms with Crippen LogP contribution in [0, 0.1) is 0 Å². The molecule has 0 unspecified atom stereocenters. The Kier molecular flexibility index (Phi) is 5.36. The van der Waals surface area contributed by atoms with Gasteiger partial charge in [0.2, 0.25) is 0 Å². The molecule has 8 nitrogen and oxygen atoms in total. The predicted octanol–water partition coefficient (Wildman–Crippen LogP) is 3.26. The SMILES string of the molecule is O=C(Nc1ccc(S(=O)(=O)NC2=NCCS2)cc1)Nc1ccc2ncccc2c1. The number of carbonyl (C=O) groups is 1. The Hall–Kier alpha value is -3.11. The molecule has 2 amide bonds. The minimum atomic E-state index is -3.69. The summed E-state index contributed by atoms with van der Waals surface area (Å²) in [6.45, 7) is 0.605. The smallest absolute Gasteiger partial charge is 0.308 e. The van der Waals surface area contributed by atoms with Gasteiger partial charge >= 0.3 is 6.03 Å². The number of hydrogen-bond acceptors (Lipinski definition) is 6. The number of urea groups is 1. The summed E-state index contributed by atoms with van der Waals surface area (Å²) in [5.74, 6) is 0.767. The van der Waals surface area contributed by atoms with Crippen molar-refractivity contribution in [3.05, 3.63) is 60.8 Å². The lowest BCUT2D eigenvalue weighted by atomic mass is 10.2. The molecule has 0 saturated heterocycles. The van der Waals surface area contributed by atoms with Gasteiger partial charge < -0.3 is 10.6 Å². The maximum absolute atomic E-state index is 12.4. The van der Waals surface area contributed by atoms with Crippen LogP contribution in [0.3, 0.4) is 0 Å². The van der Waals surface area contributed by atoms with Crippen LogP contribution in [0.4, 0.5) is 16.2 Å². The molecule has 1 aromatic heterocycles. The fraction of sp³-hybridized carbons (Fsp3) is 0.105. The molecule has 0 atom stereocenters. The Labute approximate surface area is 171 Å². The third-order valence-electron chi connectivity index (χ3n) is 4.09. The molecule has 0 radical (unpaired) electrons. The number of sulfonamides is 1. The summed E-state index contributed by atoms with van der Waals surface area (Å²) in [7, 11) is -3.69. The fourth-order valence-corrected chi connectivity index (χ4v) is 4.76. The summed E-state index contributed by atoms with van der Waals surface area (Å²) >= 11 is 1.37. The van der Waals surface area contributed by atoms with Crippen molar-refractivity contribution in [1.29, 1.82) is 0 Å². The highest BCUT2D eigenvalue weighted by Gasteiger charge is 2.18. The molecule has 148 valence electrons. The summed E-state index contributed by atoms with van der Waals surface area (Å²) in [6, 6.07) is 14.6. The minimum Gasteiger partial charge on any atom is -0.308 e. The van der Waals surface area contributed by atoms with Gasteiger partial charge in [-0.2, -0.15) is 0 Å². The number of benzene rings is 2. The predicted molar refractivity (Wildman–Crippen MR) is 116 cm³/mol. The molecular weight excluding hydrogens is 410 g/mol. The standard InChI is InChI=1S/C19H17N5O3S2/c25-18(23-15-5-8-17-13(12-15)2-1-9-20-17)22-14-3-6-16(7-4-14)29(26,27)24-19-21-10-11-28-19/h1-9,12H,10-11H2,(H,21,24)(H2,22,23,25). The number of amidine groups is 1. The van der Waals surface area contributed by atoms with Crippen molar-refractivity contribution in [3.8, 4) is 0 Å². The van der Waals surface area contributed by atoms with Gasteiger partial charge in [-0.3, -0.25) is 14.7 Å². The van der Waals surface area contributed by atoms with E-state index in [1.54, 1.807) is 12.3 Å². The van der Waals surface area contributed by atoms with Crippen LogP contribution in [-0.4, -0.2) is 36.9 Å². The number of hydrogen-bond donors (Lipinski definition) is 3. The highest BCUT2D eigenvalue weighted by Crippen LogP contribution is 2.19. The summed E-state index contributed by atoms with van der Waals surface area (Å²) in [5, 5.41) is 6.74. The lowest BCUT2D eigenvalue weighted by Crippen LogP contribution is -2.27. The fourth-order valence-electron chi connectivity index (χ4n) is 2.73. The molecule has 3 aromatic rings. The first kappa shape index (κ1) is 19.2. The monoisotopic (exact) mass is 427 g/mol. The maximum Gasteiger partial charge on any atom is 0.323 e. The first-order valence-electron chi connectivity index (χ1n) is 8.72. The second-order valence-electron chi connectivity index (χ2n) is 6.16. The van der Waals surface area contributed by atoms with E-state index in [-0.39, 0.29) is 4.90 Å². The molecular formula is C19H17N5O3S2. The number of thioether (sulfide) groups is 1. The minimum absolute atomic E-state index is 0.0979. The number of aromatic nitrogens is 1. The van der Waals surface area contributed by atoms with E-state index in [2.05, 4.69) is 25.3 Å². The number of anilines is 2. The van der Waals surface area contributed by atoms with Crippen molar-refractivity contribution >= 4 is 55.3 Å². The van der Waals surface area contributed by atoms with Crippen molar-refractivity contribution < 1.29 is 13.2 Å². The first-order valence-corrected chi connectivity index (χ1v) is 11.2. The Balaban J connectivity index is 1.40. The van der Waals surface area contributed by atoms with E-state index in [4.69, 9.17) is 0 Å². The molecule has 1 aliphatic heterocycles. The van der Waals surface area contributed by atoms with Crippen molar-refractivity contribution in [2.45, 2.75) is 4.90 Å². The van der Waals surface area contributed by atoms with E-state index in [1.165, 1.54) is 36.0 Å². The van der Waals surface area contributed by atoms with Crippen LogP contribution in [0.15, 0.2) is 70.7 Å². The molecule has 0 saturated carbocycles. The number of amides is 2. The average Bonchev–Trinajstić information content (AvgIpc) is 3.20. The molecule has 0 spiro atoms. The van der Waals surface area contributed by atoms with E-state index < -0.39 is 16.1 Å². The van der Waals surface area contributed by atoms with Gasteiger partial charge in [0.05, 0.1) is 17.0 Å². The third kappa shape index (κ3) is 4.66. The summed E-state index contributed by atoms with van der Waals surface area (Å²) < 4.78 is 27.2. The molecule has 0 bridgehead atoms. The van der Waals surface area contributed by atoms with Crippen molar-refractivity contribution in [3.63, 3.8) is 0 Å². The first-order chi connectivity index (χ1) is 14.0. The third-order valence-corrected chi connectivity index (χ3v) is 6.47. The molecule has 0 aliphatic carbocycles. The summed E-state index contributed by atoms with van der Waals surface area (Å²) in [6.07, 6.45) is 1.71. The van der Waals surface area contributed by atoms with E-state index in [0.717, 1.165) is 16.7 Å². The molecule has 10 heteroatoms. The second-order valence-corrected chi connectivity index (χ2v) is 8.92. The Morgan fingerprint density at radius 3 is 2.52 bits per heavy atom. The lowest BCUT2D eigenvalue weighted by molar-refractivity contribution is 0.262. The molecule has 3 N–H and O–H groups in total. The highest BCUT2D eigenvalue weighted by molar-refractivity contribution is 8.15. The molecule has 2 heterocycles. The number of pyridine rings is 1. The maximum atomic E-state index is 12.4. The molecule has 1 aliphatic rings. The molecule has 29 heavy (non-hydrogen) atoms. The van der Waals surface area contributed by atoms with Gasteiger partial charge in [0.25, 0.3) is 10.0 Å². The Bertz CT molecular complexity index is 1190. The van der Waals surface area contributed by atoms with Crippen LogP contribution in [0.25, 0.3) is 10.9 Å². The number of aliphatic imine (C=N–C) groups is 1. The molecule has 2 aromatic carbocycles. The van der Waals surface area contributed by atoms with E-state index in [0.29, 0.717) is 23.1 Å². The van der Waals surface area contributed by atoms with Crippen LogP contribution in [0.1, 0.15) is 0 Å². The van der Waals surface area contributed by atoms with Crippen molar-refractivity contribution in [2.75, 3.05) is 22.9 Å². The largest absolute Gasteiger partial charge is 0.323 e. The van der Waals surface area contributed by atoms with E-state index >= 15 is 0 Å². The Morgan fingerprint density at radius 2 is 1.76 bits per heavy atom. The Morgan fingerprint density at radius 1 is 1.00 bits per heavy atom. The second kappa shape index (κ2) is 8.10. The van der Waals surface area contributed by atoms with Gasteiger partial charge in [-0.1, -0.05) is 17.8 Å². The highest BCUT2D eigenvalue weighted by atomic mass is 32.2. The van der Waals surface area contributed by atoms with Crippen LogP contribution < -0.4 is 15.4 Å². The van der Waals surface area contributed by atoms with Gasteiger partial charge in [0.15, 0.2) is 5.17 Å². The van der Waals surface area contributed by atoms with E-state index in [1.807, 2.05) is 24.3 Å². The topological polar surface area (TPSA) is 113 Å². The van der Waals surface area contributed by atoms with Crippen LogP contribution in [-0.2, 0) is 10.0 Å².